The molecule has 0 amide bonds. The summed E-state index contributed by atoms with van der Waals surface area (Å²) < 4.78 is 6.17. The highest BCUT2D eigenvalue weighted by Crippen LogP contribution is 2.41. The number of hydrogen-bond donors (Lipinski definition) is 0. The van der Waals surface area contributed by atoms with Crippen molar-refractivity contribution in [2.75, 3.05) is 4.90 Å². The van der Waals surface area contributed by atoms with E-state index in [-0.39, 0.29) is 0 Å². The normalized spacial score (nSPS) is 11.4. The zero-order valence-corrected chi connectivity index (χ0v) is 31.7. The molecule has 0 spiro atoms. The molecule has 0 aliphatic carbocycles. The molecular weight excluding hydrogens is 703 g/mol. The summed E-state index contributed by atoms with van der Waals surface area (Å²) >= 11 is 0. The average molecular weight is 740 g/mol. The number of fused-ring (bicyclic) bond motifs is 5. The van der Waals surface area contributed by atoms with E-state index in [1.165, 1.54) is 54.9 Å². The van der Waals surface area contributed by atoms with Gasteiger partial charge in [-0.15, -0.1) is 0 Å². The molecule has 11 rings (SSSR count). The van der Waals surface area contributed by atoms with Gasteiger partial charge in [-0.25, -0.2) is 0 Å². The van der Waals surface area contributed by atoms with Crippen LogP contribution in [0, 0.1) is 0 Å². The third kappa shape index (κ3) is 6.00. The predicted molar refractivity (Wildman–Crippen MR) is 245 cm³/mol. The van der Waals surface area contributed by atoms with Crippen LogP contribution in [0.1, 0.15) is 0 Å². The minimum Gasteiger partial charge on any atom is -0.456 e. The summed E-state index contributed by atoms with van der Waals surface area (Å²) in [5, 5.41) is 7.26. The first-order valence-corrected chi connectivity index (χ1v) is 19.8. The van der Waals surface area contributed by atoms with Crippen LogP contribution in [-0.4, -0.2) is 0 Å². The van der Waals surface area contributed by atoms with Crippen LogP contribution in [0.15, 0.2) is 229 Å². The quantitative estimate of drug-likeness (QED) is 0.162. The molecule has 0 N–H and O–H groups in total. The first-order chi connectivity index (χ1) is 28.7. The molecule has 0 fully saturated rings. The van der Waals surface area contributed by atoms with Gasteiger partial charge in [0.05, 0.1) is 0 Å². The van der Waals surface area contributed by atoms with Gasteiger partial charge in [0.15, 0.2) is 0 Å². The largest absolute Gasteiger partial charge is 0.456 e. The second-order valence-corrected chi connectivity index (χ2v) is 14.9. The Balaban J connectivity index is 0.995. The van der Waals surface area contributed by atoms with E-state index >= 15 is 0 Å². The Morgan fingerprint density at radius 3 is 1.41 bits per heavy atom. The summed E-state index contributed by atoms with van der Waals surface area (Å²) in [6.07, 6.45) is 0. The van der Waals surface area contributed by atoms with Crippen LogP contribution in [0.2, 0.25) is 0 Å². The third-order valence-corrected chi connectivity index (χ3v) is 11.5. The molecule has 0 aliphatic heterocycles. The first-order valence-electron chi connectivity index (χ1n) is 19.8. The van der Waals surface area contributed by atoms with Crippen LogP contribution < -0.4 is 4.90 Å². The minimum atomic E-state index is 0.899. The zero-order valence-electron chi connectivity index (χ0n) is 31.7. The average Bonchev–Trinajstić information content (AvgIpc) is 3.67. The fraction of sp³-hybridized carbons (Fsp3) is 0. The predicted octanol–water partition coefficient (Wildman–Crippen LogP) is 16.0. The molecule has 272 valence electrons. The molecule has 1 aromatic heterocycles. The molecule has 0 saturated heterocycles. The number of hydrogen-bond acceptors (Lipinski definition) is 2. The zero-order chi connectivity index (χ0) is 38.4. The highest BCUT2D eigenvalue weighted by molar-refractivity contribution is 6.06. The van der Waals surface area contributed by atoms with E-state index in [0.717, 1.165) is 50.1 Å². The Morgan fingerprint density at radius 1 is 0.259 bits per heavy atom. The van der Waals surface area contributed by atoms with Gasteiger partial charge in [0.2, 0.25) is 0 Å². The molecular formula is C56H37NO. The molecule has 0 bridgehead atoms. The maximum Gasteiger partial charge on any atom is 0.135 e. The molecule has 1 heterocycles. The Hall–Kier alpha value is -7.68. The van der Waals surface area contributed by atoms with Crippen molar-refractivity contribution in [2.24, 2.45) is 0 Å². The molecule has 0 unspecified atom stereocenters. The van der Waals surface area contributed by atoms with Gasteiger partial charge in [0.25, 0.3) is 0 Å². The molecule has 2 nitrogen and oxygen atoms in total. The third-order valence-electron chi connectivity index (χ3n) is 11.5. The van der Waals surface area contributed by atoms with Crippen LogP contribution in [0.5, 0.6) is 0 Å². The lowest BCUT2D eigenvalue weighted by atomic mass is 9.96. The van der Waals surface area contributed by atoms with E-state index in [4.69, 9.17) is 4.42 Å². The van der Waals surface area contributed by atoms with Gasteiger partial charge < -0.3 is 9.32 Å². The van der Waals surface area contributed by atoms with Gasteiger partial charge in [-0.3, -0.25) is 0 Å². The fourth-order valence-corrected chi connectivity index (χ4v) is 8.59. The lowest BCUT2D eigenvalue weighted by molar-refractivity contribution is 0.669. The highest BCUT2D eigenvalue weighted by Gasteiger charge is 2.17. The molecule has 0 atom stereocenters. The Kier molecular flexibility index (Phi) is 8.19. The van der Waals surface area contributed by atoms with Crippen molar-refractivity contribution in [3.63, 3.8) is 0 Å². The lowest BCUT2D eigenvalue weighted by Gasteiger charge is -2.27. The monoisotopic (exact) mass is 739 g/mol. The molecule has 0 radical (unpaired) electrons. The summed E-state index contributed by atoms with van der Waals surface area (Å²) in [5.41, 5.74) is 14.6. The van der Waals surface area contributed by atoms with E-state index < -0.39 is 0 Å². The number of para-hydroxylation sites is 1. The topological polar surface area (TPSA) is 16.4 Å². The summed E-state index contributed by atoms with van der Waals surface area (Å²) in [4.78, 5) is 2.37. The van der Waals surface area contributed by atoms with Crippen LogP contribution >= 0.6 is 0 Å². The van der Waals surface area contributed by atoms with Crippen molar-refractivity contribution < 1.29 is 4.42 Å². The minimum absolute atomic E-state index is 0.899. The van der Waals surface area contributed by atoms with Gasteiger partial charge in [0, 0.05) is 27.8 Å². The van der Waals surface area contributed by atoms with Gasteiger partial charge in [-0.1, -0.05) is 170 Å². The van der Waals surface area contributed by atoms with E-state index in [1.807, 2.05) is 12.1 Å². The number of rotatable bonds is 7. The Labute approximate surface area is 337 Å². The number of nitrogens with zero attached hydrogens (tertiary/aromatic N) is 1. The Morgan fingerprint density at radius 2 is 0.724 bits per heavy atom. The van der Waals surface area contributed by atoms with Crippen LogP contribution in [0.4, 0.5) is 17.1 Å². The lowest BCUT2D eigenvalue weighted by Crippen LogP contribution is -2.10. The standard InChI is InChI=1S/C56H37NO/c1-3-19-49-40(11-1)13-9-22-51(49)42-27-25-38(26-28-42)39-29-32-46(33-30-39)57(48-18-8-16-45(36-48)52-23-10-14-41-12-2-4-20-50(41)52)47-17-7-15-43(35-47)44-31-34-56-54(37-44)53-21-5-6-24-55(53)58-56/h1-37H. The van der Waals surface area contributed by atoms with Crippen LogP contribution in [0.25, 0.3) is 88.0 Å². The number of furan rings is 1. The van der Waals surface area contributed by atoms with Crippen LogP contribution in [0.3, 0.4) is 0 Å². The molecule has 2 heteroatoms. The molecule has 58 heavy (non-hydrogen) atoms. The van der Waals surface area contributed by atoms with Crippen molar-refractivity contribution in [3.05, 3.63) is 224 Å². The van der Waals surface area contributed by atoms with Gasteiger partial charge in [0.1, 0.15) is 11.2 Å². The highest BCUT2D eigenvalue weighted by atomic mass is 16.3. The number of anilines is 3. The molecule has 0 saturated carbocycles. The summed E-state index contributed by atoms with van der Waals surface area (Å²) in [6, 6.07) is 80.8. The summed E-state index contributed by atoms with van der Waals surface area (Å²) in [5.74, 6) is 0. The second-order valence-electron chi connectivity index (χ2n) is 14.9. The van der Waals surface area contributed by atoms with Crippen molar-refractivity contribution in [1.82, 2.24) is 0 Å². The van der Waals surface area contributed by atoms with Gasteiger partial charge in [-0.05, 0) is 121 Å². The second kappa shape index (κ2) is 14.1. The van der Waals surface area contributed by atoms with Crippen molar-refractivity contribution in [3.8, 4) is 44.5 Å². The Bertz CT molecular complexity index is 3270. The van der Waals surface area contributed by atoms with E-state index in [0.29, 0.717) is 0 Å². The molecule has 0 aliphatic rings. The van der Waals surface area contributed by atoms with Gasteiger partial charge >= 0.3 is 0 Å². The van der Waals surface area contributed by atoms with E-state index in [9.17, 15) is 0 Å². The first kappa shape index (κ1) is 33.6. The fourth-order valence-electron chi connectivity index (χ4n) is 8.59. The maximum atomic E-state index is 6.17. The molecule has 10 aromatic carbocycles. The number of benzene rings is 10. The SMILES string of the molecule is c1cc(-c2ccc3oc4ccccc4c3c2)cc(N(c2ccc(-c3ccc(-c4cccc5ccccc45)cc3)cc2)c2cccc(-c3cccc4ccccc34)c2)c1. The molecule has 11 aromatic rings. The van der Waals surface area contributed by atoms with Crippen molar-refractivity contribution in [2.45, 2.75) is 0 Å². The van der Waals surface area contributed by atoms with Crippen LogP contribution in [-0.2, 0) is 0 Å². The van der Waals surface area contributed by atoms with Gasteiger partial charge in [-0.2, -0.15) is 0 Å². The smallest absolute Gasteiger partial charge is 0.135 e. The summed E-state index contributed by atoms with van der Waals surface area (Å²) in [6.45, 7) is 0. The van der Waals surface area contributed by atoms with Crippen molar-refractivity contribution in [1.29, 1.82) is 0 Å². The van der Waals surface area contributed by atoms with E-state index in [2.05, 4.69) is 217 Å². The maximum absolute atomic E-state index is 6.17. The summed E-state index contributed by atoms with van der Waals surface area (Å²) in [7, 11) is 0. The van der Waals surface area contributed by atoms with Crippen molar-refractivity contribution >= 4 is 60.5 Å². The van der Waals surface area contributed by atoms with E-state index in [1.54, 1.807) is 0 Å².